The first-order chi connectivity index (χ1) is 8.78. The first kappa shape index (κ1) is 14.1. The first-order valence-electron chi connectivity index (χ1n) is 6.59. The van der Waals surface area contributed by atoms with Crippen molar-refractivity contribution < 1.29 is 0 Å². The lowest BCUT2D eigenvalue weighted by Crippen LogP contribution is -2.00. The van der Waals surface area contributed by atoms with Gasteiger partial charge >= 0.3 is 0 Å². The highest BCUT2D eigenvalue weighted by atomic mass is 35.5. The van der Waals surface area contributed by atoms with Crippen LogP contribution in [0.2, 0.25) is 0 Å². The zero-order valence-electron chi connectivity index (χ0n) is 11.2. The van der Waals surface area contributed by atoms with Gasteiger partial charge in [-0.05, 0) is 42.4 Å². The SMILES string of the molecule is Cc1c(CN)cccc1-c1cnn(CC2CC2)c1.Cl. The fraction of sp³-hybridized carbons (Fsp3) is 0.400. The molecule has 102 valence electrons. The van der Waals surface area contributed by atoms with Crippen LogP contribution in [0, 0.1) is 12.8 Å². The molecule has 0 aliphatic heterocycles. The summed E-state index contributed by atoms with van der Waals surface area (Å²) in [6.45, 7) is 3.79. The molecule has 1 aromatic carbocycles. The summed E-state index contributed by atoms with van der Waals surface area (Å²) < 4.78 is 2.07. The van der Waals surface area contributed by atoms with Crippen molar-refractivity contribution in [3.8, 4) is 11.1 Å². The molecule has 0 radical (unpaired) electrons. The summed E-state index contributed by atoms with van der Waals surface area (Å²) >= 11 is 0. The van der Waals surface area contributed by atoms with Crippen molar-refractivity contribution in [3.63, 3.8) is 0 Å². The van der Waals surface area contributed by atoms with Crippen molar-refractivity contribution in [2.75, 3.05) is 0 Å². The first-order valence-corrected chi connectivity index (χ1v) is 6.59. The minimum atomic E-state index is 0. The second-order valence-corrected chi connectivity index (χ2v) is 5.19. The van der Waals surface area contributed by atoms with Crippen molar-refractivity contribution in [1.82, 2.24) is 9.78 Å². The summed E-state index contributed by atoms with van der Waals surface area (Å²) in [5, 5.41) is 4.45. The smallest absolute Gasteiger partial charge is 0.0568 e. The highest BCUT2D eigenvalue weighted by molar-refractivity contribution is 5.85. The maximum atomic E-state index is 5.76. The Morgan fingerprint density at radius 1 is 1.37 bits per heavy atom. The summed E-state index contributed by atoms with van der Waals surface area (Å²) in [6.07, 6.45) is 6.83. The largest absolute Gasteiger partial charge is 0.326 e. The second kappa shape index (κ2) is 5.76. The van der Waals surface area contributed by atoms with Crippen LogP contribution in [0.4, 0.5) is 0 Å². The molecule has 2 N–H and O–H groups in total. The van der Waals surface area contributed by atoms with E-state index in [4.69, 9.17) is 5.73 Å². The van der Waals surface area contributed by atoms with Crippen molar-refractivity contribution >= 4 is 12.4 Å². The molecule has 0 saturated heterocycles. The van der Waals surface area contributed by atoms with E-state index in [0.29, 0.717) is 6.54 Å². The molecule has 0 spiro atoms. The minimum Gasteiger partial charge on any atom is -0.326 e. The number of hydrogen-bond donors (Lipinski definition) is 1. The number of benzene rings is 1. The number of hydrogen-bond acceptors (Lipinski definition) is 2. The van der Waals surface area contributed by atoms with Crippen LogP contribution < -0.4 is 5.73 Å². The maximum Gasteiger partial charge on any atom is 0.0568 e. The Bertz CT molecular complexity index is 558. The topological polar surface area (TPSA) is 43.8 Å². The molecule has 2 aromatic rings. The monoisotopic (exact) mass is 277 g/mol. The molecular weight excluding hydrogens is 258 g/mol. The molecular formula is C15H20ClN3. The Kier molecular flexibility index (Phi) is 4.27. The Balaban J connectivity index is 0.00000133. The van der Waals surface area contributed by atoms with Gasteiger partial charge < -0.3 is 5.73 Å². The summed E-state index contributed by atoms with van der Waals surface area (Å²) in [4.78, 5) is 0. The van der Waals surface area contributed by atoms with Gasteiger partial charge in [0, 0.05) is 24.8 Å². The van der Waals surface area contributed by atoms with Crippen LogP contribution in [0.3, 0.4) is 0 Å². The standard InChI is InChI=1S/C15H19N3.ClH/c1-11-13(7-16)3-2-4-15(11)14-8-17-18(10-14)9-12-5-6-12;/h2-4,8,10,12H,5-7,9,16H2,1H3;1H. The van der Waals surface area contributed by atoms with Gasteiger partial charge in [-0.1, -0.05) is 18.2 Å². The summed E-state index contributed by atoms with van der Waals surface area (Å²) in [6, 6.07) is 6.31. The Morgan fingerprint density at radius 3 is 2.84 bits per heavy atom. The van der Waals surface area contributed by atoms with Gasteiger partial charge in [0.2, 0.25) is 0 Å². The fourth-order valence-corrected chi connectivity index (χ4v) is 2.38. The van der Waals surface area contributed by atoms with Crippen LogP contribution in [-0.2, 0) is 13.1 Å². The number of nitrogens with two attached hydrogens (primary N) is 1. The summed E-state index contributed by atoms with van der Waals surface area (Å²) in [7, 11) is 0. The van der Waals surface area contributed by atoms with Crippen LogP contribution in [0.5, 0.6) is 0 Å². The molecule has 19 heavy (non-hydrogen) atoms. The van der Waals surface area contributed by atoms with Crippen LogP contribution in [0.25, 0.3) is 11.1 Å². The van der Waals surface area contributed by atoms with E-state index < -0.39 is 0 Å². The van der Waals surface area contributed by atoms with Crippen molar-refractivity contribution in [2.24, 2.45) is 11.7 Å². The predicted octanol–water partition coefficient (Wildman–Crippen LogP) is 3.15. The van der Waals surface area contributed by atoms with Gasteiger partial charge in [-0.3, -0.25) is 4.68 Å². The molecule has 1 fully saturated rings. The highest BCUT2D eigenvalue weighted by Gasteiger charge is 2.22. The molecule has 0 atom stereocenters. The Hall–Kier alpha value is -1.32. The van der Waals surface area contributed by atoms with E-state index in [1.807, 2.05) is 6.20 Å². The lowest BCUT2D eigenvalue weighted by molar-refractivity contribution is 0.563. The molecule has 1 heterocycles. The van der Waals surface area contributed by atoms with E-state index in [1.165, 1.54) is 35.1 Å². The molecule has 0 bridgehead atoms. The van der Waals surface area contributed by atoms with Crippen LogP contribution in [0.1, 0.15) is 24.0 Å². The van der Waals surface area contributed by atoms with Crippen molar-refractivity contribution in [2.45, 2.75) is 32.9 Å². The summed E-state index contributed by atoms with van der Waals surface area (Å²) in [5.74, 6) is 0.856. The molecule has 0 amide bonds. The predicted molar refractivity (Wildman–Crippen MR) is 80.3 cm³/mol. The molecule has 1 aliphatic rings. The van der Waals surface area contributed by atoms with Gasteiger partial charge in [0.05, 0.1) is 6.20 Å². The third-order valence-corrected chi connectivity index (χ3v) is 3.75. The molecule has 3 rings (SSSR count). The Labute approximate surface area is 120 Å². The van der Waals surface area contributed by atoms with E-state index in [2.05, 4.69) is 41.1 Å². The molecule has 1 aliphatic carbocycles. The van der Waals surface area contributed by atoms with Gasteiger partial charge in [-0.15, -0.1) is 12.4 Å². The number of aromatic nitrogens is 2. The lowest BCUT2D eigenvalue weighted by atomic mass is 9.99. The van der Waals surface area contributed by atoms with E-state index >= 15 is 0 Å². The average molecular weight is 278 g/mol. The van der Waals surface area contributed by atoms with Crippen molar-refractivity contribution in [3.05, 3.63) is 41.7 Å². The number of halogens is 1. The van der Waals surface area contributed by atoms with Gasteiger partial charge in [0.15, 0.2) is 0 Å². The van der Waals surface area contributed by atoms with Crippen molar-refractivity contribution in [1.29, 1.82) is 0 Å². The second-order valence-electron chi connectivity index (χ2n) is 5.19. The van der Waals surface area contributed by atoms with Gasteiger partial charge in [0.25, 0.3) is 0 Å². The zero-order chi connectivity index (χ0) is 12.5. The van der Waals surface area contributed by atoms with Crippen LogP contribution in [-0.4, -0.2) is 9.78 Å². The number of nitrogens with zero attached hydrogens (tertiary/aromatic N) is 2. The normalized spacial score (nSPS) is 14.2. The summed E-state index contributed by atoms with van der Waals surface area (Å²) in [5.41, 5.74) is 10.7. The molecule has 1 aromatic heterocycles. The third kappa shape index (κ3) is 2.99. The molecule has 3 nitrogen and oxygen atoms in total. The molecule has 0 unspecified atom stereocenters. The van der Waals surface area contributed by atoms with Gasteiger partial charge in [-0.2, -0.15) is 5.10 Å². The third-order valence-electron chi connectivity index (χ3n) is 3.75. The van der Waals surface area contributed by atoms with Gasteiger partial charge in [-0.25, -0.2) is 0 Å². The molecule has 4 heteroatoms. The fourth-order valence-electron chi connectivity index (χ4n) is 2.38. The molecule has 1 saturated carbocycles. The van der Waals surface area contributed by atoms with E-state index in [1.54, 1.807) is 0 Å². The highest BCUT2D eigenvalue weighted by Crippen LogP contribution is 2.31. The van der Waals surface area contributed by atoms with Crippen LogP contribution >= 0.6 is 12.4 Å². The number of rotatable bonds is 4. The van der Waals surface area contributed by atoms with E-state index in [-0.39, 0.29) is 12.4 Å². The quantitative estimate of drug-likeness (QED) is 0.933. The van der Waals surface area contributed by atoms with E-state index in [9.17, 15) is 0 Å². The van der Waals surface area contributed by atoms with E-state index in [0.717, 1.165) is 12.5 Å². The lowest BCUT2D eigenvalue weighted by Gasteiger charge is -2.08. The van der Waals surface area contributed by atoms with Gasteiger partial charge in [0.1, 0.15) is 0 Å². The van der Waals surface area contributed by atoms with Crippen LogP contribution in [0.15, 0.2) is 30.6 Å². The Morgan fingerprint density at radius 2 is 2.16 bits per heavy atom. The average Bonchev–Trinajstić information content (AvgIpc) is 3.06. The zero-order valence-corrected chi connectivity index (χ0v) is 12.0. The minimum absolute atomic E-state index is 0. The maximum absolute atomic E-state index is 5.76.